The first-order valence-electron chi connectivity index (χ1n) is 6.05. The van der Waals surface area contributed by atoms with Crippen LogP contribution in [0.4, 0.5) is 0 Å². The van der Waals surface area contributed by atoms with Gasteiger partial charge in [-0.3, -0.25) is 9.59 Å². The standard InChI is InChI=1S/C12H21NO5/c1-4-8-12(3,11(17)18-5-2)13-9(14)6-7-10(15)16/h4-8H2,1-3H3,(H,13,14)(H,15,16). The number of carboxylic acid groups (broad SMARTS) is 1. The average molecular weight is 259 g/mol. The van der Waals surface area contributed by atoms with Crippen LogP contribution in [0.2, 0.25) is 0 Å². The van der Waals surface area contributed by atoms with Gasteiger partial charge in [0.1, 0.15) is 5.54 Å². The Kier molecular flexibility index (Phi) is 7.00. The molecule has 18 heavy (non-hydrogen) atoms. The maximum atomic E-state index is 11.8. The fourth-order valence-electron chi connectivity index (χ4n) is 1.60. The first-order valence-corrected chi connectivity index (χ1v) is 6.05. The average Bonchev–Trinajstić information content (AvgIpc) is 2.27. The molecule has 1 unspecified atom stereocenters. The number of nitrogens with one attached hydrogen (secondary N) is 1. The molecule has 1 atom stereocenters. The Bertz CT molecular complexity index is 316. The van der Waals surface area contributed by atoms with Gasteiger partial charge in [-0.25, -0.2) is 4.79 Å². The molecule has 6 heteroatoms. The minimum Gasteiger partial charge on any atom is -0.481 e. The third-order valence-corrected chi connectivity index (χ3v) is 2.46. The number of hydrogen-bond donors (Lipinski definition) is 2. The fourth-order valence-corrected chi connectivity index (χ4v) is 1.60. The van der Waals surface area contributed by atoms with E-state index in [1.54, 1.807) is 13.8 Å². The predicted octanol–water partition coefficient (Wildman–Crippen LogP) is 1.09. The summed E-state index contributed by atoms with van der Waals surface area (Å²) < 4.78 is 4.92. The van der Waals surface area contributed by atoms with Crippen LogP contribution < -0.4 is 5.32 Å². The van der Waals surface area contributed by atoms with Gasteiger partial charge in [0.05, 0.1) is 13.0 Å². The second-order valence-corrected chi connectivity index (χ2v) is 4.24. The molecule has 0 spiro atoms. The molecule has 104 valence electrons. The van der Waals surface area contributed by atoms with Crippen LogP contribution in [0, 0.1) is 0 Å². The molecule has 0 rings (SSSR count). The van der Waals surface area contributed by atoms with Crippen molar-refractivity contribution in [3.8, 4) is 0 Å². The van der Waals surface area contributed by atoms with Crippen LogP contribution in [0.5, 0.6) is 0 Å². The Morgan fingerprint density at radius 1 is 1.22 bits per heavy atom. The van der Waals surface area contributed by atoms with Crippen molar-refractivity contribution >= 4 is 17.8 Å². The maximum Gasteiger partial charge on any atom is 0.331 e. The smallest absolute Gasteiger partial charge is 0.331 e. The second-order valence-electron chi connectivity index (χ2n) is 4.24. The Morgan fingerprint density at radius 2 is 1.83 bits per heavy atom. The van der Waals surface area contributed by atoms with E-state index in [0.29, 0.717) is 12.8 Å². The molecule has 0 bridgehead atoms. The minimum absolute atomic E-state index is 0.145. The number of esters is 1. The zero-order valence-electron chi connectivity index (χ0n) is 11.1. The van der Waals surface area contributed by atoms with Crippen LogP contribution in [0.1, 0.15) is 46.5 Å². The van der Waals surface area contributed by atoms with Crippen LogP contribution in [0.15, 0.2) is 0 Å². The molecule has 0 aliphatic carbocycles. The summed E-state index contributed by atoms with van der Waals surface area (Å²) in [4.78, 5) is 33.7. The van der Waals surface area contributed by atoms with Crippen molar-refractivity contribution in [3.63, 3.8) is 0 Å². The lowest BCUT2D eigenvalue weighted by Crippen LogP contribution is -2.53. The van der Waals surface area contributed by atoms with Gasteiger partial charge in [-0.05, 0) is 20.3 Å². The Hall–Kier alpha value is -1.59. The van der Waals surface area contributed by atoms with Crippen LogP contribution in [-0.4, -0.2) is 35.1 Å². The summed E-state index contributed by atoms with van der Waals surface area (Å²) in [6.45, 7) is 5.41. The lowest BCUT2D eigenvalue weighted by atomic mass is 9.96. The summed E-state index contributed by atoms with van der Waals surface area (Å²) >= 11 is 0. The molecule has 0 radical (unpaired) electrons. The number of amides is 1. The van der Waals surface area contributed by atoms with Gasteiger partial charge >= 0.3 is 11.9 Å². The Labute approximate surface area is 107 Å². The molecular formula is C12H21NO5. The topological polar surface area (TPSA) is 92.7 Å². The summed E-state index contributed by atoms with van der Waals surface area (Å²) in [5.41, 5.74) is -1.08. The van der Waals surface area contributed by atoms with Gasteiger partial charge in [-0.2, -0.15) is 0 Å². The van der Waals surface area contributed by atoms with E-state index in [9.17, 15) is 14.4 Å². The molecular weight excluding hydrogens is 238 g/mol. The maximum absolute atomic E-state index is 11.8. The predicted molar refractivity (Wildman–Crippen MR) is 65.0 cm³/mol. The number of ether oxygens (including phenoxy) is 1. The lowest BCUT2D eigenvalue weighted by molar-refractivity contribution is -0.153. The fraction of sp³-hybridized carbons (Fsp3) is 0.750. The zero-order valence-corrected chi connectivity index (χ0v) is 11.1. The molecule has 0 saturated carbocycles. The van der Waals surface area contributed by atoms with Gasteiger partial charge in [-0.1, -0.05) is 13.3 Å². The van der Waals surface area contributed by atoms with Crippen LogP contribution in [0.25, 0.3) is 0 Å². The van der Waals surface area contributed by atoms with Gasteiger partial charge in [0.15, 0.2) is 0 Å². The summed E-state index contributed by atoms with van der Waals surface area (Å²) in [5.74, 6) is -1.99. The van der Waals surface area contributed by atoms with Crippen LogP contribution in [-0.2, 0) is 19.1 Å². The van der Waals surface area contributed by atoms with Gasteiger partial charge < -0.3 is 15.2 Å². The number of carbonyl (C=O) groups excluding carboxylic acids is 2. The summed E-state index contributed by atoms with van der Waals surface area (Å²) in [6, 6.07) is 0. The van der Waals surface area contributed by atoms with Crippen molar-refractivity contribution in [1.29, 1.82) is 0 Å². The van der Waals surface area contributed by atoms with E-state index < -0.39 is 23.4 Å². The number of rotatable bonds is 8. The minimum atomic E-state index is -1.08. The second kappa shape index (κ2) is 7.68. The SMILES string of the molecule is CCCC(C)(NC(=O)CCC(=O)O)C(=O)OCC. The number of hydrogen-bond acceptors (Lipinski definition) is 4. The molecule has 0 fully saturated rings. The van der Waals surface area contributed by atoms with E-state index >= 15 is 0 Å². The van der Waals surface area contributed by atoms with E-state index in [-0.39, 0.29) is 19.4 Å². The Morgan fingerprint density at radius 3 is 2.28 bits per heavy atom. The summed E-state index contributed by atoms with van der Waals surface area (Å²) in [5, 5.41) is 11.0. The molecule has 0 aliphatic heterocycles. The van der Waals surface area contributed by atoms with Crippen LogP contribution in [0.3, 0.4) is 0 Å². The number of carboxylic acids is 1. The number of aliphatic carboxylic acids is 1. The van der Waals surface area contributed by atoms with Crippen LogP contribution >= 0.6 is 0 Å². The highest BCUT2D eigenvalue weighted by Crippen LogP contribution is 2.15. The molecule has 6 nitrogen and oxygen atoms in total. The molecule has 0 aliphatic rings. The van der Waals surface area contributed by atoms with Gasteiger partial charge in [-0.15, -0.1) is 0 Å². The van der Waals surface area contributed by atoms with Crippen molar-refractivity contribution in [1.82, 2.24) is 5.32 Å². The molecule has 1 amide bonds. The lowest BCUT2D eigenvalue weighted by Gasteiger charge is -2.28. The Balaban J connectivity index is 4.54. The van der Waals surface area contributed by atoms with E-state index in [4.69, 9.17) is 9.84 Å². The van der Waals surface area contributed by atoms with Gasteiger partial charge in [0, 0.05) is 6.42 Å². The van der Waals surface area contributed by atoms with E-state index in [1.165, 1.54) is 0 Å². The van der Waals surface area contributed by atoms with E-state index in [2.05, 4.69) is 5.32 Å². The van der Waals surface area contributed by atoms with E-state index in [0.717, 1.165) is 0 Å². The number of carbonyl (C=O) groups is 3. The molecule has 0 aromatic heterocycles. The zero-order chi connectivity index (χ0) is 14.2. The first kappa shape index (κ1) is 16.4. The largest absolute Gasteiger partial charge is 0.481 e. The van der Waals surface area contributed by atoms with Gasteiger partial charge in [0.25, 0.3) is 0 Å². The van der Waals surface area contributed by atoms with Gasteiger partial charge in [0.2, 0.25) is 5.91 Å². The van der Waals surface area contributed by atoms with Crippen molar-refractivity contribution in [2.75, 3.05) is 6.61 Å². The highest BCUT2D eigenvalue weighted by molar-refractivity contribution is 5.88. The first-order chi connectivity index (χ1) is 8.35. The van der Waals surface area contributed by atoms with E-state index in [1.807, 2.05) is 6.92 Å². The monoisotopic (exact) mass is 259 g/mol. The van der Waals surface area contributed by atoms with Crippen molar-refractivity contribution in [3.05, 3.63) is 0 Å². The molecule has 0 heterocycles. The molecule has 0 saturated heterocycles. The third kappa shape index (κ3) is 5.65. The van der Waals surface area contributed by atoms with Crippen molar-refractivity contribution in [2.45, 2.75) is 52.0 Å². The molecule has 0 aromatic carbocycles. The molecule has 2 N–H and O–H groups in total. The summed E-state index contributed by atoms with van der Waals surface area (Å²) in [6.07, 6.45) is 0.754. The molecule has 0 aromatic rings. The van der Waals surface area contributed by atoms with Crippen molar-refractivity contribution in [2.24, 2.45) is 0 Å². The summed E-state index contributed by atoms with van der Waals surface area (Å²) in [7, 11) is 0. The highest BCUT2D eigenvalue weighted by atomic mass is 16.5. The highest BCUT2D eigenvalue weighted by Gasteiger charge is 2.35. The quantitative estimate of drug-likeness (QED) is 0.636. The third-order valence-electron chi connectivity index (χ3n) is 2.46. The van der Waals surface area contributed by atoms with Crippen molar-refractivity contribution < 1.29 is 24.2 Å². The normalized spacial score (nSPS) is 13.5.